The number of methoxy groups -OCH3 is 1. The predicted octanol–water partition coefficient (Wildman–Crippen LogP) is 3.65. The normalized spacial score (nSPS) is 28.5. The molecule has 27 heavy (non-hydrogen) atoms. The highest BCUT2D eigenvalue weighted by Crippen LogP contribution is 2.52. The summed E-state index contributed by atoms with van der Waals surface area (Å²) in [7, 11) is 1.51. The van der Waals surface area contributed by atoms with Gasteiger partial charge in [-0.15, -0.1) is 0 Å². The van der Waals surface area contributed by atoms with Gasteiger partial charge in [-0.1, -0.05) is 23.8 Å². The van der Waals surface area contributed by atoms with Gasteiger partial charge in [0, 0.05) is 10.0 Å². The number of ether oxygens (including phenoxy) is 2. The Bertz CT molecular complexity index is 855. The van der Waals surface area contributed by atoms with Crippen molar-refractivity contribution < 1.29 is 19.1 Å². The molecule has 142 valence electrons. The van der Waals surface area contributed by atoms with Crippen LogP contribution in [0, 0.1) is 23.7 Å². The molecule has 2 bridgehead atoms. The van der Waals surface area contributed by atoms with Gasteiger partial charge in [0.05, 0.1) is 31.8 Å². The number of hydrazone groups is 1. The number of carbonyl (C=O) groups excluding carboxylic acids is 2. The molecule has 0 unspecified atom stereocenters. The molecule has 0 radical (unpaired) electrons. The zero-order valence-electron chi connectivity index (χ0n) is 14.8. The van der Waals surface area contributed by atoms with Crippen LogP contribution in [0.2, 0.25) is 5.02 Å². The van der Waals surface area contributed by atoms with E-state index < -0.39 is 0 Å². The minimum absolute atomic E-state index is 0.156. The quantitative estimate of drug-likeness (QED) is 0.388. The molecule has 1 aromatic rings. The van der Waals surface area contributed by atoms with Crippen LogP contribution in [0.25, 0.3) is 0 Å². The van der Waals surface area contributed by atoms with Gasteiger partial charge in [-0.3, -0.25) is 9.59 Å². The smallest absolute Gasteiger partial charge is 0.254 e. The first-order chi connectivity index (χ1) is 13.0. The van der Waals surface area contributed by atoms with Crippen molar-refractivity contribution in [2.24, 2.45) is 28.8 Å². The minimum Gasteiger partial charge on any atom is -0.491 e. The number of amides is 2. The maximum atomic E-state index is 12.7. The average molecular weight is 454 g/mol. The lowest BCUT2D eigenvalue weighted by Crippen LogP contribution is -2.28. The molecule has 1 heterocycles. The SMILES string of the molecule is CCOc1cc(C=NN2C(=O)[C@@H]3[C@H](C2=O)[C@H]2C=C[C@H]3C2)c(Br)c(Cl)c1OC. The van der Waals surface area contributed by atoms with Crippen molar-refractivity contribution in [1.82, 2.24) is 5.01 Å². The van der Waals surface area contributed by atoms with E-state index in [1.54, 1.807) is 6.07 Å². The third-order valence-electron chi connectivity index (χ3n) is 5.42. The first-order valence-corrected chi connectivity index (χ1v) is 9.93. The molecule has 1 saturated carbocycles. The lowest BCUT2D eigenvalue weighted by molar-refractivity contribution is -0.140. The molecule has 1 aliphatic heterocycles. The maximum Gasteiger partial charge on any atom is 0.254 e. The summed E-state index contributed by atoms with van der Waals surface area (Å²) < 4.78 is 11.4. The molecule has 0 spiro atoms. The molecular weight excluding hydrogens is 436 g/mol. The molecule has 4 atom stereocenters. The summed E-state index contributed by atoms with van der Waals surface area (Å²) in [5.74, 6) is 0.198. The van der Waals surface area contributed by atoms with Crippen LogP contribution in [0.5, 0.6) is 11.5 Å². The zero-order chi connectivity index (χ0) is 19.3. The maximum absolute atomic E-state index is 12.7. The van der Waals surface area contributed by atoms with Crippen LogP contribution in [0.1, 0.15) is 18.9 Å². The molecule has 2 fully saturated rings. The number of halogens is 2. The molecule has 0 N–H and O–H groups in total. The van der Waals surface area contributed by atoms with Crippen molar-refractivity contribution in [3.8, 4) is 11.5 Å². The Morgan fingerprint density at radius 2 is 1.93 bits per heavy atom. The highest BCUT2D eigenvalue weighted by atomic mass is 79.9. The summed E-state index contributed by atoms with van der Waals surface area (Å²) >= 11 is 9.76. The second-order valence-electron chi connectivity index (χ2n) is 6.79. The molecule has 2 amide bonds. The van der Waals surface area contributed by atoms with E-state index >= 15 is 0 Å². The molecular formula is C19H18BrClN2O4. The van der Waals surface area contributed by atoms with E-state index in [0.717, 1.165) is 11.4 Å². The van der Waals surface area contributed by atoms with Gasteiger partial charge < -0.3 is 9.47 Å². The van der Waals surface area contributed by atoms with Gasteiger partial charge in [-0.05, 0) is 47.2 Å². The van der Waals surface area contributed by atoms with E-state index in [0.29, 0.717) is 33.2 Å². The minimum atomic E-state index is -0.272. The van der Waals surface area contributed by atoms with Gasteiger partial charge >= 0.3 is 0 Å². The summed E-state index contributed by atoms with van der Waals surface area (Å²) in [6.45, 7) is 2.29. The summed E-state index contributed by atoms with van der Waals surface area (Å²) in [6, 6.07) is 1.71. The molecule has 2 aliphatic carbocycles. The summed E-state index contributed by atoms with van der Waals surface area (Å²) in [5.41, 5.74) is 0.586. The highest BCUT2D eigenvalue weighted by Gasteiger charge is 2.59. The largest absolute Gasteiger partial charge is 0.491 e. The topological polar surface area (TPSA) is 68.2 Å². The van der Waals surface area contributed by atoms with Gasteiger partial charge in [0.25, 0.3) is 11.8 Å². The van der Waals surface area contributed by atoms with E-state index in [2.05, 4.69) is 33.2 Å². The van der Waals surface area contributed by atoms with E-state index in [1.165, 1.54) is 13.3 Å². The zero-order valence-corrected chi connectivity index (χ0v) is 17.2. The first kappa shape index (κ1) is 18.5. The number of rotatable bonds is 5. The lowest BCUT2D eigenvalue weighted by atomic mass is 9.85. The van der Waals surface area contributed by atoms with Crippen molar-refractivity contribution in [3.63, 3.8) is 0 Å². The van der Waals surface area contributed by atoms with Crippen molar-refractivity contribution in [3.05, 3.63) is 33.3 Å². The van der Waals surface area contributed by atoms with E-state index in [1.807, 2.05) is 6.92 Å². The highest BCUT2D eigenvalue weighted by molar-refractivity contribution is 9.10. The van der Waals surface area contributed by atoms with Gasteiger partial charge in [0.2, 0.25) is 0 Å². The Morgan fingerprint density at radius 3 is 2.48 bits per heavy atom. The van der Waals surface area contributed by atoms with Crippen LogP contribution >= 0.6 is 27.5 Å². The number of imide groups is 1. The standard InChI is InChI=1S/C19H18BrClN2O4/c1-3-27-12-7-11(15(20)16(21)17(12)26-2)8-22-23-18(24)13-9-4-5-10(6-9)14(13)19(23)25/h4-5,7-10,13-14H,3,6H2,1-2H3/t9-,10-,13-,14+/m0/s1. The second-order valence-corrected chi connectivity index (χ2v) is 7.96. The van der Waals surface area contributed by atoms with Crippen molar-refractivity contribution >= 4 is 45.6 Å². The van der Waals surface area contributed by atoms with Gasteiger partial charge in [0.15, 0.2) is 11.5 Å². The fourth-order valence-corrected chi connectivity index (χ4v) is 4.95. The molecule has 8 heteroatoms. The summed E-state index contributed by atoms with van der Waals surface area (Å²) in [6.07, 6.45) is 6.45. The number of benzene rings is 1. The second kappa shape index (κ2) is 6.95. The molecule has 4 rings (SSSR count). The van der Waals surface area contributed by atoms with Crippen LogP contribution in [0.3, 0.4) is 0 Å². The van der Waals surface area contributed by atoms with Crippen molar-refractivity contribution in [2.75, 3.05) is 13.7 Å². The monoisotopic (exact) mass is 452 g/mol. The fraction of sp³-hybridized carbons (Fsp3) is 0.421. The number of nitrogens with zero attached hydrogens (tertiary/aromatic N) is 2. The van der Waals surface area contributed by atoms with Gasteiger partial charge in [-0.2, -0.15) is 10.1 Å². The lowest BCUT2D eigenvalue weighted by Gasteiger charge is -2.14. The molecule has 3 aliphatic rings. The predicted molar refractivity (Wildman–Crippen MR) is 104 cm³/mol. The van der Waals surface area contributed by atoms with Crippen LogP contribution in [-0.2, 0) is 9.59 Å². The summed E-state index contributed by atoms with van der Waals surface area (Å²) in [5, 5.41) is 5.53. The molecule has 0 aromatic heterocycles. The third kappa shape index (κ3) is 2.79. The number of carbonyl (C=O) groups is 2. The Hall–Kier alpha value is -1.86. The number of hydrogen-bond acceptors (Lipinski definition) is 5. The molecule has 1 saturated heterocycles. The molecule has 6 nitrogen and oxygen atoms in total. The van der Waals surface area contributed by atoms with E-state index in [4.69, 9.17) is 21.1 Å². The van der Waals surface area contributed by atoms with Crippen LogP contribution in [0.4, 0.5) is 0 Å². The van der Waals surface area contributed by atoms with Gasteiger partial charge in [-0.25, -0.2) is 0 Å². The van der Waals surface area contributed by atoms with Crippen molar-refractivity contribution in [1.29, 1.82) is 0 Å². The Morgan fingerprint density at radius 1 is 1.30 bits per heavy atom. The number of allylic oxidation sites excluding steroid dienone is 2. The first-order valence-electron chi connectivity index (χ1n) is 8.76. The Kier molecular flexibility index (Phi) is 4.76. The summed E-state index contributed by atoms with van der Waals surface area (Å²) in [4.78, 5) is 25.4. The number of fused-ring (bicyclic) bond motifs is 5. The van der Waals surface area contributed by atoms with Crippen LogP contribution < -0.4 is 9.47 Å². The van der Waals surface area contributed by atoms with Crippen molar-refractivity contribution in [2.45, 2.75) is 13.3 Å². The fourth-order valence-electron chi connectivity index (χ4n) is 4.27. The Labute approximate surface area is 170 Å². The Balaban J connectivity index is 1.64. The van der Waals surface area contributed by atoms with Crippen LogP contribution in [0.15, 0.2) is 27.8 Å². The van der Waals surface area contributed by atoms with E-state index in [-0.39, 0.29) is 35.5 Å². The van der Waals surface area contributed by atoms with Crippen LogP contribution in [-0.4, -0.2) is 36.8 Å². The third-order valence-corrected chi connectivity index (χ3v) is 6.86. The number of hydrogen-bond donors (Lipinski definition) is 0. The van der Waals surface area contributed by atoms with E-state index in [9.17, 15) is 9.59 Å². The molecule has 1 aromatic carbocycles. The average Bonchev–Trinajstić information content (AvgIpc) is 3.32. The van der Waals surface area contributed by atoms with Gasteiger partial charge in [0.1, 0.15) is 5.02 Å².